The maximum atomic E-state index is 12.1. The van der Waals surface area contributed by atoms with Crippen molar-refractivity contribution in [1.29, 1.82) is 0 Å². The van der Waals surface area contributed by atoms with Gasteiger partial charge in [-0.2, -0.15) is 0 Å². The molecule has 6 nitrogen and oxygen atoms in total. The van der Waals surface area contributed by atoms with E-state index in [1.165, 1.54) is 0 Å². The molecular weight excluding hydrogens is 310 g/mol. The number of piperidine rings is 1. The van der Waals surface area contributed by atoms with Crippen LogP contribution in [0.3, 0.4) is 0 Å². The fourth-order valence-corrected chi connectivity index (χ4v) is 2.66. The quantitative estimate of drug-likeness (QED) is 0.587. The molecule has 0 bridgehead atoms. The van der Waals surface area contributed by atoms with Gasteiger partial charge in [0.15, 0.2) is 0 Å². The molecule has 0 N–H and O–H groups in total. The molecule has 0 radical (unpaired) electrons. The molecule has 6 heteroatoms. The van der Waals surface area contributed by atoms with E-state index in [-0.39, 0.29) is 37.4 Å². The minimum absolute atomic E-state index is 0.194. The van der Waals surface area contributed by atoms with E-state index in [0.29, 0.717) is 25.9 Å². The second kappa shape index (κ2) is 9.05. The fourth-order valence-electron chi connectivity index (χ4n) is 2.66. The minimum Gasteiger partial charge on any atom is -0.466 e. The summed E-state index contributed by atoms with van der Waals surface area (Å²) >= 11 is 0. The van der Waals surface area contributed by atoms with E-state index >= 15 is 0 Å². The van der Waals surface area contributed by atoms with E-state index in [0.717, 1.165) is 5.56 Å². The number of amides is 1. The van der Waals surface area contributed by atoms with Crippen LogP contribution in [0.4, 0.5) is 0 Å². The highest BCUT2D eigenvalue weighted by Crippen LogP contribution is 2.20. The molecule has 0 aliphatic carbocycles. The smallest absolute Gasteiger partial charge is 0.315 e. The van der Waals surface area contributed by atoms with Crippen LogP contribution in [0, 0.1) is 5.92 Å². The van der Waals surface area contributed by atoms with Crippen LogP contribution in [-0.4, -0.2) is 42.4 Å². The second-order valence-electron chi connectivity index (χ2n) is 5.73. The van der Waals surface area contributed by atoms with Gasteiger partial charge < -0.3 is 14.4 Å². The number of hydrogen-bond acceptors (Lipinski definition) is 5. The molecule has 0 atom stereocenters. The summed E-state index contributed by atoms with van der Waals surface area (Å²) in [5, 5.41) is 0. The van der Waals surface area contributed by atoms with Crippen molar-refractivity contribution in [1.82, 2.24) is 4.90 Å². The number of esters is 2. The topological polar surface area (TPSA) is 72.9 Å². The number of likely N-dealkylation sites (tertiary alicyclic amines) is 1. The lowest BCUT2D eigenvalue weighted by Gasteiger charge is -2.30. The largest absolute Gasteiger partial charge is 0.466 e. The van der Waals surface area contributed by atoms with Crippen LogP contribution in [0.25, 0.3) is 0 Å². The summed E-state index contributed by atoms with van der Waals surface area (Å²) in [6.07, 6.45) is 0.876. The molecule has 1 saturated heterocycles. The zero-order valence-electron chi connectivity index (χ0n) is 13.9. The van der Waals surface area contributed by atoms with Crippen molar-refractivity contribution in [2.45, 2.75) is 32.8 Å². The summed E-state index contributed by atoms with van der Waals surface area (Å²) < 4.78 is 10.1. The molecule has 0 spiro atoms. The van der Waals surface area contributed by atoms with Crippen molar-refractivity contribution in [3.8, 4) is 0 Å². The Balaban J connectivity index is 1.72. The molecule has 1 amide bonds. The molecule has 0 saturated carbocycles. The first-order valence-corrected chi connectivity index (χ1v) is 8.24. The van der Waals surface area contributed by atoms with Crippen LogP contribution in [0.1, 0.15) is 31.7 Å². The standard InChI is InChI=1S/C18H23NO5/c1-2-23-17(21)12-16(20)19-10-8-15(9-11-19)18(22)24-13-14-6-4-3-5-7-14/h3-7,15H,2,8-13H2,1H3. The van der Waals surface area contributed by atoms with Crippen molar-refractivity contribution in [3.63, 3.8) is 0 Å². The van der Waals surface area contributed by atoms with Gasteiger partial charge in [0.25, 0.3) is 0 Å². The van der Waals surface area contributed by atoms with Crippen LogP contribution >= 0.6 is 0 Å². The van der Waals surface area contributed by atoms with Crippen molar-refractivity contribution in [3.05, 3.63) is 35.9 Å². The Morgan fingerprint density at radius 1 is 1.08 bits per heavy atom. The van der Waals surface area contributed by atoms with Gasteiger partial charge in [0.1, 0.15) is 13.0 Å². The maximum Gasteiger partial charge on any atom is 0.315 e. The summed E-state index contributed by atoms with van der Waals surface area (Å²) in [4.78, 5) is 37.0. The summed E-state index contributed by atoms with van der Waals surface area (Å²) in [7, 11) is 0. The van der Waals surface area contributed by atoms with E-state index in [2.05, 4.69) is 0 Å². The van der Waals surface area contributed by atoms with Gasteiger partial charge in [0, 0.05) is 13.1 Å². The lowest BCUT2D eigenvalue weighted by Crippen LogP contribution is -2.41. The highest BCUT2D eigenvalue weighted by molar-refractivity contribution is 5.94. The molecule has 1 heterocycles. The maximum absolute atomic E-state index is 12.1. The second-order valence-corrected chi connectivity index (χ2v) is 5.73. The Bertz CT molecular complexity index is 564. The first-order chi connectivity index (χ1) is 11.6. The van der Waals surface area contributed by atoms with Gasteiger partial charge in [-0.25, -0.2) is 0 Å². The fraction of sp³-hybridized carbons (Fsp3) is 0.500. The molecule has 1 aromatic rings. The van der Waals surface area contributed by atoms with Crippen molar-refractivity contribution >= 4 is 17.8 Å². The molecule has 1 aliphatic rings. The Labute approximate surface area is 141 Å². The number of nitrogens with zero attached hydrogens (tertiary/aromatic N) is 1. The summed E-state index contributed by atoms with van der Waals surface area (Å²) in [5.74, 6) is -1.17. The van der Waals surface area contributed by atoms with Gasteiger partial charge in [0.05, 0.1) is 12.5 Å². The first-order valence-electron chi connectivity index (χ1n) is 8.24. The number of hydrogen-bond donors (Lipinski definition) is 0. The third-order valence-corrected chi connectivity index (χ3v) is 4.01. The Morgan fingerprint density at radius 3 is 2.38 bits per heavy atom. The van der Waals surface area contributed by atoms with Gasteiger partial charge in [-0.05, 0) is 25.3 Å². The third kappa shape index (κ3) is 5.37. The molecule has 1 aliphatic heterocycles. The molecule has 24 heavy (non-hydrogen) atoms. The van der Waals surface area contributed by atoms with E-state index in [9.17, 15) is 14.4 Å². The van der Waals surface area contributed by atoms with E-state index in [4.69, 9.17) is 9.47 Å². The Morgan fingerprint density at radius 2 is 1.75 bits per heavy atom. The van der Waals surface area contributed by atoms with Gasteiger partial charge in [0.2, 0.25) is 5.91 Å². The summed E-state index contributed by atoms with van der Waals surface area (Å²) in [6, 6.07) is 9.52. The molecule has 0 unspecified atom stereocenters. The van der Waals surface area contributed by atoms with Gasteiger partial charge in [-0.15, -0.1) is 0 Å². The lowest BCUT2D eigenvalue weighted by molar-refractivity contribution is -0.155. The summed E-state index contributed by atoms with van der Waals surface area (Å²) in [6.45, 7) is 3.16. The van der Waals surface area contributed by atoms with Crippen molar-refractivity contribution < 1.29 is 23.9 Å². The highest BCUT2D eigenvalue weighted by Gasteiger charge is 2.29. The Hall–Kier alpha value is -2.37. The van der Waals surface area contributed by atoms with Crippen molar-refractivity contribution in [2.24, 2.45) is 5.92 Å². The molecule has 130 valence electrons. The zero-order valence-corrected chi connectivity index (χ0v) is 13.9. The molecule has 1 fully saturated rings. The number of benzene rings is 1. The van der Waals surface area contributed by atoms with E-state index in [1.807, 2.05) is 30.3 Å². The number of ether oxygens (including phenoxy) is 2. The van der Waals surface area contributed by atoms with E-state index < -0.39 is 5.97 Å². The lowest BCUT2D eigenvalue weighted by atomic mass is 9.97. The van der Waals surface area contributed by atoms with Gasteiger partial charge in [-0.1, -0.05) is 30.3 Å². The van der Waals surface area contributed by atoms with Gasteiger partial charge >= 0.3 is 11.9 Å². The van der Waals surface area contributed by atoms with Crippen LogP contribution in [0.5, 0.6) is 0 Å². The van der Waals surface area contributed by atoms with Crippen LogP contribution in [0.15, 0.2) is 30.3 Å². The predicted octanol–water partition coefficient (Wildman–Crippen LogP) is 1.92. The third-order valence-electron chi connectivity index (χ3n) is 4.01. The van der Waals surface area contributed by atoms with Crippen LogP contribution in [0.2, 0.25) is 0 Å². The minimum atomic E-state index is -0.508. The van der Waals surface area contributed by atoms with Crippen molar-refractivity contribution in [2.75, 3.05) is 19.7 Å². The zero-order chi connectivity index (χ0) is 17.4. The van der Waals surface area contributed by atoms with Crippen LogP contribution < -0.4 is 0 Å². The molecule has 2 rings (SSSR count). The predicted molar refractivity (Wildman–Crippen MR) is 86.8 cm³/mol. The SMILES string of the molecule is CCOC(=O)CC(=O)N1CCC(C(=O)OCc2ccccc2)CC1. The average Bonchev–Trinajstić information content (AvgIpc) is 2.61. The van der Waals surface area contributed by atoms with Gasteiger partial charge in [-0.3, -0.25) is 14.4 Å². The van der Waals surface area contributed by atoms with E-state index in [1.54, 1.807) is 11.8 Å². The monoisotopic (exact) mass is 333 g/mol. The molecular formula is C18H23NO5. The number of rotatable bonds is 6. The van der Waals surface area contributed by atoms with Crippen LogP contribution in [-0.2, 0) is 30.5 Å². The normalized spacial score (nSPS) is 15.0. The molecule has 1 aromatic carbocycles. The Kier molecular flexibility index (Phi) is 6.78. The number of carbonyl (C=O) groups is 3. The average molecular weight is 333 g/mol. The highest BCUT2D eigenvalue weighted by atomic mass is 16.5. The summed E-state index contributed by atoms with van der Waals surface area (Å²) in [5.41, 5.74) is 0.952. The first kappa shape index (κ1) is 18.0. The number of carbonyl (C=O) groups excluding carboxylic acids is 3. The molecule has 0 aromatic heterocycles.